The van der Waals surface area contributed by atoms with Gasteiger partial charge in [-0.3, -0.25) is 14.5 Å². The SMILES string of the molecule is COc1cc(NC(=O)CC[C@@H]2NC(=O)N(Cc3ccc4c(c3)OCO4)C2=O)cc(OC)c1. The minimum absolute atomic E-state index is 0.0497. The highest BCUT2D eigenvalue weighted by Gasteiger charge is 2.38. The summed E-state index contributed by atoms with van der Waals surface area (Å²) in [4.78, 5) is 38.5. The van der Waals surface area contributed by atoms with Gasteiger partial charge in [0.05, 0.1) is 20.8 Å². The second-order valence-corrected chi connectivity index (χ2v) is 7.30. The summed E-state index contributed by atoms with van der Waals surface area (Å²) < 4.78 is 21.0. The molecule has 1 saturated heterocycles. The first kappa shape index (κ1) is 21.3. The number of rotatable bonds is 8. The van der Waals surface area contributed by atoms with Gasteiger partial charge in [0.2, 0.25) is 12.7 Å². The molecule has 32 heavy (non-hydrogen) atoms. The molecule has 168 valence electrons. The molecule has 2 aliphatic rings. The standard InChI is InChI=1S/C22H23N3O7/c1-29-15-8-14(9-16(10-15)30-2)23-20(26)6-4-17-21(27)25(22(28)24-17)11-13-3-5-18-19(7-13)32-12-31-18/h3,5,7-10,17H,4,6,11-12H2,1-2H3,(H,23,26)(H,24,28)/t17-/m0/s1. The Morgan fingerprint density at radius 3 is 2.53 bits per heavy atom. The van der Waals surface area contributed by atoms with Crippen LogP contribution in [0.4, 0.5) is 10.5 Å². The number of nitrogens with one attached hydrogen (secondary N) is 2. The molecule has 1 atom stereocenters. The molecule has 2 aromatic carbocycles. The molecular formula is C22H23N3O7. The number of carbonyl (C=O) groups is 3. The van der Waals surface area contributed by atoms with E-state index >= 15 is 0 Å². The van der Waals surface area contributed by atoms with Gasteiger partial charge in [0, 0.05) is 30.3 Å². The Bertz CT molecular complexity index is 1030. The van der Waals surface area contributed by atoms with Crippen molar-refractivity contribution in [2.75, 3.05) is 26.3 Å². The summed E-state index contributed by atoms with van der Waals surface area (Å²) in [5, 5.41) is 5.40. The highest BCUT2D eigenvalue weighted by Crippen LogP contribution is 2.33. The summed E-state index contributed by atoms with van der Waals surface area (Å²) in [6, 6.07) is 9.02. The monoisotopic (exact) mass is 441 g/mol. The van der Waals surface area contributed by atoms with Crippen molar-refractivity contribution >= 4 is 23.5 Å². The maximum atomic E-state index is 12.7. The van der Waals surface area contributed by atoms with E-state index in [9.17, 15) is 14.4 Å². The molecule has 2 heterocycles. The number of carbonyl (C=O) groups excluding carboxylic acids is 3. The molecule has 2 N–H and O–H groups in total. The minimum Gasteiger partial charge on any atom is -0.497 e. The normalized spacial score (nSPS) is 16.7. The zero-order chi connectivity index (χ0) is 22.7. The lowest BCUT2D eigenvalue weighted by atomic mass is 10.1. The van der Waals surface area contributed by atoms with Gasteiger partial charge >= 0.3 is 6.03 Å². The molecule has 4 rings (SSSR count). The Balaban J connectivity index is 1.33. The van der Waals surface area contributed by atoms with E-state index < -0.39 is 12.1 Å². The summed E-state index contributed by atoms with van der Waals surface area (Å²) >= 11 is 0. The van der Waals surface area contributed by atoms with E-state index in [2.05, 4.69) is 10.6 Å². The van der Waals surface area contributed by atoms with Crippen molar-refractivity contribution in [1.82, 2.24) is 10.2 Å². The molecule has 0 bridgehead atoms. The Morgan fingerprint density at radius 1 is 1.09 bits per heavy atom. The smallest absolute Gasteiger partial charge is 0.325 e. The Hall–Kier alpha value is -3.95. The average Bonchev–Trinajstić information content (AvgIpc) is 3.36. The van der Waals surface area contributed by atoms with Gasteiger partial charge in [0.15, 0.2) is 11.5 Å². The van der Waals surface area contributed by atoms with E-state index in [0.717, 1.165) is 10.5 Å². The topological polar surface area (TPSA) is 115 Å². The zero-order valence-corrected chi connectivity index (χ0v) is 17.7. The molecule has 2 aliphatic heterocycles. The molecule has 1 fully saturated rings. The van der Waals surface area contributed by atoms with Crippen molar-refractivity contribution in [3.63, 3.8) is 0 Å². The van der Waals surface area contributed by atoms with Crippen LogP contribution in [-0.4, -0.2) is 49.8 Å². The number of hydrogen-bond donors (Lipinski definition) is 2. The molecule has 4 amide bonds. The summed E-state index contributed by atoms with van der Waals surface area (Å²) in [6.45, 7) is 0.252. The predicted molar refractivity (Wildman–Crippen MR) is 113 cm³/mol. The van der Waals surface area contributed by atoms with E-state index in [-0.39, 0.29) is 38.0 Å². The number of methoxy groups -OCH3 is 2. The van der Waals surface area contributed by atoms with Crippen molar-refractivity contribution in [3.8, 4) is 23.0 Å². The predicted octanol–water partition coefficient (Wildman–Crippen LogP) is 2.27. The molecule has 0 unspecified atom stereocenters. The van der Waals surface area contributed by atoms with Crippen LogP contribution >= 0.6 is 0 Å². The molecule has 0 aromatic heterocycles. The van der Waals surface area contributed by atoms with E-state index in [4.69, 9.17) is 18.9 Å². The van der Waals surface area contributed by atoms with Crippen LogP contribution in [0.2, 0.25) is 0 Å². The summed E-state index contributed by atoms with van der Waals surface area (Å²) in [5.74, 6) is 1.62. The Kier molecular flexibility index (Phi) is 6.02. The van der Waals surface area contributed by atoms with Crippen LogP contribution in [0.25, 0.3) is 0 Å². The van der Waals surface area contributed by atoms with Crippen LogP contribution < -0.4 is 29.6 Å². The lowest BCUT2D eigenvalue weighted by Gasteiger charge is -2.13. The second-order valence-electron chi connectivity index (χ2n) is 7.30. The first-order valence-electron chi connectivity index (χ1n) is 10.00. The van der Waals surface area contributed by atoms with Crippen LogP contribution in [0.5, 0.6) is 23.0 Å². The number of ether oxygens (including phenoxy) is 4. The summed E-state index contributed by atoms with van der Waals surface area (Å²) in [6.07, 6.45) is 0.225. The van der Waals surface area contributed by atoms with Gasteiger partial charge in [-0.15, -0.1) is 0 Å². The number of fused-ring (bicyclic) bond motifs is 1. The Morgan fingerprint density at radius 2 is 1.81 bits per heavy atom. The van der Waals surface area contributed by atoms with Gasteiger partial charge in [-0.05, 0) is 24.1 Å². The number of nitrogens with zero attached hydrogens (tertiary/aromatic N) is 1. The molecule has 10 heteroatoms. The molecule has 10 nitrogen and oxygen atoms in total. The van der Waals surface area contributed by atoms with E-state index in [1.165, 1.54) is 14.2 Å². The number of imide groups is 1. The van der Waals surface area contributed by atoms with E-state index in [1.807, 2.05) is 0 Å². The van der Waals surface area contributed by atoms with Gasteiger partial charge in [-0.2, -0.15) is 0 Å². The fraction of sp³-hybridized carbons (Fsp3) is 0.318. The van der Waals surface area contributed by atoms with Gasteiger partial charge in [0.25, 0.3) is 5.91 Å². The minimum atomic E-state index is -0.762. The molecule has 0 radical (unpaired) electrons. The van der Waals surface area contributed by atoms with Crippen LogP contribution in [0.1, 0.15) is 18.4 Å². The number of hydrogen-bond acceptors (Lipinski definition) is 7. The quantitative estimate of drug-likeness (QED) is 0.604. The average molecular weight is 441 g/mol. The summed E-state index contributed by atoms with van der Waals surface area (Å²) in [7, 11) is 3.04. The van der Waals surface area contributed by atoms with Crippen molar-refractivity contribution < 1.29 is 33.3 Å². The van der Waals surface area contributed by atoms with E-state index in [0.29, 0.717) is 28.7 Å². The van der Waals surface area contributed by atoms with Crippen molar-refractivity contribution in [3.05, 3.63) is 42.0 Å². The number of urea groups is 1. The van der Waals surface area contributed by atoms with Crippen LogP contribution in [0.15, 0.2) is 36.4 Å². The highest BCUT2D eigenvalue weighted by atomic mass is 16.7. The fourth-order valence-corrected chi connectivity index (χ4v) is 3.52. The van der Waals surface area contributed by atoms with Crippen LogP contribution in [-0.2, 0) is 16.1 Å². The number of benzene rings is 2. The maximum absolute atomic E-state index is 12.7. The van der Waals surface area contributed by atoms with Crippen LogP contribution in [0.3, 0.4) is 0 Å². The van der Waals surface area contributed by atoms with Gasteiger partial charge in [0.1, 0.15) is 17.5 Å². The largest absolute Gasteiger partial charge is 0.497 e. The highest BCUT2D eigenvalue weighted by molar-refractivity contribution is 6.04. The van der Waals surface area contributed by atoms with Crippen molar-refractivity contribution in [1.29, 1.82) is 0 Å². The second kappa shape index (κ2) is 9.04. The first-order chi connectivity index (χ1) is 15.5. The van der Waals surface area contributed by atoms with Gasteiger partial charge in [-0.1, -0.05) is 6.07 Å². The van der Waals surface area contributed by atoms with Gasteiger partial charge < -0.3 is 29.6 Å². The molecule has 0 aliphatic carbocycles. The van der Waals surface area contributed by atoms with E-state index in [1.54, 1.807) is 36.4 Å². The third-order valence-electron chi connectivity index (χ3n) is 5.18. The third kappa shape index (κ3) is 4.53. The number of amides is 4. The van der Waals surface area contributed by atoms with Gasteiger partial charge in [-0.25, -0.2) is 4.79 Å². The molecular weight excluding hydrogens is 418 g/mol. The molecule has 0 spiro atoms. The molecule has 0 saturated carbocycles. The zero-order valence-electron chi connectivity index (χ0n) is 17.7. The molecule has 2 aromatic rings. The fourth-order valence-electron chi connectivity index (χ4n) is 3.52. The van der Waals surface area contributed by atoms with Crippen molar-refractivity contribution in [2.45, 2.75) is 25.4 Å². The Labute approximate surface area is 184 Å². The van der Waals surface area contributed by atoms with Crippen LogP contribution in [0, 0.1) is 0 Å². The lowest BCUT2D eigenvalue weighted by molar-refractivity contribution is -0.128. The number of anilines is 1. The first-order valence-corrected chi connectivity index (χ1v) is 10.00. The van der Waals surface area contributed by atoms with Crippen molar-refractivity contribution in [2.24, 2.45) is 0 Å². The summed E-state index contributed by atoms with van der Waals surface area (Å²) in [5.41, 5.74) is 1.25. The lowest BCUT2D eigenvalue weighted by Crippen LogP contribution is -2.31. The maximum Gasteiger partial charge on any atom is 0.325 e. The third-order valence-corrected chi connectivity index (χ3v) is 5.18.